The molecular weight excluding hydrogens is 200 g/mol. The normalized spacial score (nSPS) is 12.5. The molecule has 1 rings (SSSR count). The second kappa shape index (κ2) is 5.12. The Labute approximate surface area is 87.7 Å². The lowest BCUT2D eigenvalue weighted by molar-refractivity contribution is -0.143. The third kappa shape index (κ3) is 2.56. The van der Waals surface area contributed by atoms with Crippen LogP contribution in [0.15, 0.2) is 12.1 Å². The van der Waals surface area contributed by atoms with Gasteiger partial charge >= 0.3 is 5.97 Å². The van der Waals surface area contributed by atoms with E-state index in [4.69, 9.17) is 9.47 Å². The van der Waals surface area contributed by atoms with Gasteiger partial charge in [0.15, 0.2) is 0 Å². The number of carbonyl (C=O) groups excluding carboxylic acids is 1. The van der Waals surface area contributed by atoms with Crippen LogP contribution in [0.5, 0.6) is 0 Å². The number of aryl methyl sites for hydroxylation is 1. The summed E-state index contributed by atoms with van der Waals surface area (Å²) in [4.78, 5) is 13.6. The van der Waals surface area contributed by atoms with Gasteiger partial charge in [-0.2, -0.15) is 0 Å². The quantitative estimate of drug-likeness (QED) is 0.719. The van der Waals surface area contributed by atoms with Gasteiger partial charge in [0, 0.05) is 16.9 Å². The highest BCUT2D eigenvalue weighted by atomic mass is 32.1. The molecule has 1 unspecified atom stereocenters. The van der Waals surface area contributed by atoms with Crippen LogP contribution < -0.4 is 0 Å². The van der Waals surface area contributed by atoms with Crippen molar-refractivity contribution >= 4 is 17.3 Å². The van der Waals surface area contributed by atoms with Gasteiger partial charge in [0.1, 0.15) is 5.92 Å². The maximum atomic E-state index is 11.4. The van der Waals surface area contributed by atoms with Crippen LogP contribution in [0.4, 0.5) is 0 Å². The summed E-state index contributed by atoms with van der Waals surface area (Å²) in [6, 6.07) is 3.94. The fourth-order valence-electron chi connectivity index (χ4n) is 1.22. The van der Waals surface area contributed by atoms with Gasteiger partial charge in [0.25, 0.3) is 0 Å². The van der Waals surface area contributed by atoms with Crippen molar-refractivity contribution in [3.8, 4) is 0 Å². The van der Waals surface area contributed by atoms with Crippen molar-refractivity contribution in [2.75, 3.05) is 20.8 Å². The molecule has 0 aliphatic carbocycles. The van der Waals surface area contributed by atoms with E-state index in [-0.39, 0.29) is 11.9 Å². The van der Waals surface area contributed by atoms with E-state index in [1.807, 2.05) is 19.1 Å². The Morgan fingerprint density at radius 2 is 2.21 bits per heavy atom. The number of ether oxygens (including phenoxy) is 2. The molecule has 1 aromatic heterocycles. The molecule has 1 aromatic rings. The standard InChI is InChI=1S/C10H14O3S/c1-7-4-5-9(14-7)8(6-12-2)10(11)13-3/h4-5,8H,6H2,1-3H3. The highest BCUT2D eigenvalue weighted by Gasteiger charge is 2.22. The Kier molecular flexibility index (Phi) is 4.10. The minimum atomic E-state index is -0.288. The third-order valence-electron chi connectivity index (χ3n) is 1.92. The molecule has 0 amide bonds. The van der Waals surface area contributed by atoms with E-state index in [1.54, 1.807) is 18.4 Å². The molecule has 0 bridgehead atoms. The van der Waals surface area contributed by atoms with E-state index < -0.39 is 0 Å². The van der Waals surface area contributed by atoms with Crippen LogP contribution in [0.2, 0.25) is 0 Å². The van der Waals surface area contributed by atoms with E-state index in [1.165, 1.54) is 12.0 Å². The average molecular weight is 214 g/mol. The Morgan fingerprint density at radius 1 is 1.50 bits per heavy atom. The van der Waals surface area contributed by atoms with Gasteiger partial charge < -0.3 is 9.47 Å². The first-order valence-electron chi connectivity index (χ1n) is 4.32. The molecule has 0 radical (unpaired) electrons. The molecule has 0 N–H and O–H groups in total. The fraction of sp³-hybridized carbons (Fsp3) is 0.500. The van der Waals surface area contributed by atoms with Gasteiger partial charge in [-0.15, -0.1) is 11.3 Å². The molecule has 4 heteroatoms. The van der Waals surface area contributed by atoms with Crippen molar-refractivity contribution < 1.29 is 14.3 Å². The number of thiophene rings is 1. The Morgan fingerprint density at radius 3 is 2.64 bits per heavy atom. The van der Waals surface area contributed by atoms with Crippen molar-refractivity contribution in [1.82, 2.24) is 0 Å². The highest BCUT2D eigenvalue weighted by molar-refractivity contribution is 7.12. The van der Waals surface area contributed by atoms with E-state index in [2.05, 4.69) is 0 Å². The molecule has 0 saturated heterocycles. The van der Waals surface area contributed by atoms with E-state index in [9.17, 15) is 4.79 Å². The minimum Gasteiger partial charge on any atom is -0.468 e. The number of methoxy groups -OCH3 is 2. The lowest BCUT2D eigenvalue weighted by atomic mass is 10.1. The first kappa shape index (κ1) is 11.2. The summed E-state index contributed by atoms with van der Waals surface area (Å²) in [6.07, 6.45) is 0. The second-order valence-electron chi connectivity index (χ2n) is 2.98. The van der Waals surface area contributed by atoms with Crippen molar-refractivity contribution in [3.63, 3.8) is 0 Å². The average Bonchev–Trinajstić information content (AvgIpc) is 2.60. The van der Waals surface area contributed by atoms with Crippen LogP contribution in [-0.4, -0.2) is 26.8 Å². The molecule has 0 aliphatic heterocycles. The van der Waals surface area contributed by atoms with Gasteiger partial charge in [0.05, 0.1) is 13.7 Å². The minimum absolute atomic E-state index is 0.242. The third-order valence-corrected chi connectivity index (χ3v) is 3.04. The van der Waals surface area contributed by atoms with Crippen LogP contribution in [0, 0.1) is 6.92 Å². The summed E-state index contributed by atoms with van der Waals surface area (Å²) in [5.41, 5.74) is 0. The fourth-order valence-corrected chi connectivity index (χ4v) is 2.17. The molecule has 14 heavy (non-hydrogen) atoms. The SMILES string of the molecule is COCC(C(=O)OC)c1ccc(C)s1. The summed E-state index contributed by atoms with van der Waals surface area (Å²) in [6.45, 7) is 2.38. The van der Waals surface area contributed by atoms with Crippen LogP contribution >= 0.6 is 11.3 Å². The van der Waals surface area contributed by atoms with Gasteiger partial charge in [-0.3, -0.25) is 4.79 Å². The Bertz CT molecular complexity index is 306. The molecule has 1 heterocycles. The zero-order valence-electron chi connectivity index (χ0n) is 8.57. The summed E-state index contributed by atoms with van der Waals surface area (Å²) in [7, 11) is 2.97. The predicted molar refractivity (Wildman–Crippen MR) is 55.7 cm³/mol. The molecule has 1 atom stereocenters. The summed E-state index contributed by atoms with van der Waals surface area (Å²) < 4.78 is 9.71. The van der Waals surface area contributed by atoms with Crippen molar-refractivity contribution in [2.24, 2.45) is 0 Å². The molecule has 0 fully saturated rings. The molecule has 0 aromatic carbocycles. The first-order chi connectivity index (χ1) is 6.69. The number of hydrogen-bond donors (Lipinski definition) is 0. The summed E-state index contributed by atoms with van der Waals surface area (Å²) in [5, 5.41) is 0. The van der Waals surface area contributed by atoms with Gasteiger partial charge in [-0.25, -0.2) is 0 Å². The highest BCUT2D eigenvalue weighted by Crippen LogP contribution is 2.25. The van der Waals surface area contributed by atoms with Crippen LogP contribution in [-0.2, 0) is 14.3 Å². The monoisotopic (exact) mass is 214 g/mol. The number of hydrogen-bond acceptors (Lipinski definition) is 4. The molecule has 78 valence electrons. The van der Waals surface area contributed by atoms with Crippen molar-refractivity contribution in [2.45, 2.75) is 12.8 Å². The predicted octanol–water partition coefficient (Wildman–Crippen LogP) is 1.96. The number of rotatable bonds is 4. The Balaban J connectivity index is 2.82. The number of esters is 1. The van der Waals surface area contributed by atoms with Crippen LogP contribution in [0.1, 0.15) is 15.7 Å². The lowest BCUT2D eigenvalue weighted by Gasteiger charge is -2.11. The second-order valence-corrected chi connectivity index (χ2v) is 4.30. The summed E-state index contributed by atoms with van der Waals surface area (Å²) >= 11 is 1.60. The van der Waals surface area contributed by atoms with Crippen molar-refractivity contribution in [3.05, 3.63) is 21.9 Å². The van der Waals surface area contributed by atoms with Crippen molar-refractivity contribution in [1.29, 1.82) is 0 Å². The first-order valence-corrected chi connectivity index (χ1v) is 5.13. The summed E-state index contributed by atoms with van der Waals surface area (Å²) in [5.74, 6) is -0.530. The smallest absolute Gasteiger partial charge is 0.316 e. The Hall–Kier alpha value is -0.870. The topological polar surface area (TPSA) is 35.5 Å². The lowest BCUT2D eigenvalue weighted by Crippen LogP contribution is -2.17. The molecule has 0 spiro atoms. The van der Waals surface area contributed by atoms with Gasteiger partial charge in [-0.1, -0.05) is 0 Å². The molecule has 3 nitrogen and oxygen atoms in total. The van der Waals surface area contributed by atoms with E-state index in [0.29, 0.717) is 6.61 Å². The molecular formula is C10H14O3S. The zero-order chi connectivity index (χ0) is 10.6. The number of carbonyl (C=O) groups is 1. The largest absolute Gasteiger partial charge is 0.468 e. The zero-order valence-corrected chi connectivity index (χ0v) is 9.39. The molecule has 0 aliphatic rings. The van der Waals surface area contributed by atoms with Gasteiger partial charge in [0.2, 0.25) is 0 Å². The van der Waals surface area contributed by atoms with Gasteiger partial charge in [-0.05, 0) is 19.1 Å². The van der Waals surface area contributed by atoms with E-state index >= 15 is 0 Å². The maximum absolute atomic E-state index is 11.4. The van der Waals surface area contributed by atoms with E-state index in [0.717, 1.165) is 4.88 Å². The van der Waals surface area contributed by atoms with Crippen LogP contribution in [0.25, 0.3) is 0 Å². The van der Waals surface area contributed by atoms with Crippen LogP contribution in [0.3, 0.4) is 0 Å². The maximum Gasteiger partial charge on any atom is 0.316 e. The molecule has 0 saturated carbocycles.